The first-order valence-electron chi connectivity index (χ1n) is 12.8. The average molecular weight is 499 g/mol. The van der Waals surface area contributed by atoms with Crippen LogP contribution in [-0.2, 0) is 21.2 Å². The van der Waals surface area contributed by atoms with Gasteiger partial charge in [-0.1, -0.05) is 30.7 Å². The van der Waals surface area contributed by atoms with Crippen LogP contribution in [0.2, 0.25) is 0 Å². The zero-order chi connectivity index (χ0) is 24.7. The predicted octanol–water partition coefficient (Wildman–Crippen LogP) is 3.04. The number of benzene rings is 2. The molecule has 0 saturated carbocycles. The van der Waals surface area contributed by atoms with Gasteiger partial charge in [-0.2, -0.15) is 4.31 Å². The summed E-state index contributed by atoms with van der Waals surface area (Å²) in [6.45, 7) is 9.07. The van der Waals surface area contributed by atoms with Gasteiger partial charge >= 0.3 is 0 Å². The molecule has 2 aromatic carbocycles. The van der Waals surface area contributed by atoms with Crippen LogP contribution in [0.25, 0.3) is 0 Å². The molecule has 0 aliphatic carbocycles. The second-order valence-corrected chi connectivity index (χ2v) is 11.6. The summed E-state index contributed by atoms with van der Waals surface area (Å²) in [6, 6.07) is 15.4. The summed E-state index contributed by atoms with van der Waals surface area (Å²) in [5.74, 6) is -0.0269. The van der Waals surface area contributed by atoms with E-state index in [1.165, 1.54) is 11.3 Å². The summed E-state index contributed by atoms with van der Waals surface area (Å²) >= 11 is 0. The Morgan fingerprint density at radius 3 is 2.31 bits per heavy atom. The van der Waals surface area contributed by atoms with Crippen molar-refractivity contribution in [2.45, 2.75) is 43.9 Å². The van der Waals surface area contributed by atoms with Crippen molar-refractivity contribution in [1.29, 1.82) is 0 Å². The Morgan fingerprint density at radius 1 is 0.914 bits per heavy atom. The molecule has 0 spiro atoms. The highest BCUT2D eigenvalue weighted by Gasteiger charge is 2.25. The zero-order valence-corrected chi connectivity index (χ0v) is 21.6. The van der Waals surface area contributed by atoms with Crippen molar-refractivity contribution in [2.75, 3.05) is 57.3 Å². The van der Waals surface area contributed by atoms with Gasteiger partial charge in [-0.05, 0) is 68.1 Å². The molecule has 0 bridgehead atoms. The second-order valence-electron chi connectivity index (χ2n) is 9.66. The maximum Gasteiger partial charge on any atom is 0.243 e. The van der Waals surface area contributed by atoms with Crippen LogP contribution in [0.1, 0.15) is 36.8 Å². The van der Waals surface area contributed by atoms with Crippen LogP contribution < -0.4 is 10.2 Å². The van der Waals surface area contributed by atoms with Crippen LogP contribution in [0.15, 0.2) is 53.4 Å². The van der Waals surface area contributed by atoms with Crippen LogP contribution >= 0.6 is 0 Å². The molecule has 2 fully saturated rings. The van der Waals surface area contributed by atoms with Gasteiger partial charge in [0.15, 0.2) is 0 Å². The summed E-state index contributed by atoms with van der Waals surface area (Å²) in [5, 5.41) is 3.01. The number of aryl methyl sites for hydroxylation is 1. The Hall–Kier alpha value is -2.42. The molecule has 0 aromatic heterocycles. The van der Waals surface area contributed by atoms with E-state index < -0.39 is 10.0 Å². The molecule has 190 valence electrons. The fraction of sp³-hybridized carbons (Fsp3) is 0.519. The first-order valence-corrected chi connectivity index (χ1v) is 14.3. The van der Waals surface area contributed by atoms with Crippen molar-refractivity contribution < 1.29 is 13.2 Å². The Bertz CT molecular complexity index is 1070. The Morgan fingerprint density at radius 2 is 1.63 bits per heavy atom. The third-order valence-electron chi connectivity index (χ3n) is 6.95. The SMILES string of the molecule is Cc1cccc(N2CCN(CCCNC(=O)Cc3ccc(S(=O)(=O)N4CCCCC4)cc3)CC2)c1. The van der Waals surface area contributed by atoms with Crippen LogP contribution in [0.3, 0.4) is 0 Å². The number of amides is 1. The van der Waals surface area contributed by atoms with E-state index >= 15 is 0 Å². The Balaban J connectivity index is 1.14. The number of nitrogens with zero attached hydrogens (tertiary/aromatic N) is 3. The number of carbonyl (C=O) groups excluding carboxylic acids is 1. The molecule has 0 radical (unpaired) electrons. The van der Waals surface area contributed by atoms with E-state index in [-0.39, 0.29) is 12.3 Å². The number of piperidine rings is 1. The number of hydrogen-bond donors (Lipinski definition) is 1. The lowest BCUT2D eigenvalue weighted by atomic mass is 10.1. The summed E-state index contributed by atoms with van der Waals surface area (Å²) in [4.78, 5) is 17.6. The fourth-order valence-corrected chi connectivity index (χ4v) is 6.38. The molecule has 2 aromatic rings. The highest BCUT2D eigenvalue weighted by atomic mass is 32.2. The monoisotopic (exact) mass is 498 g/mol. The lowest BCUT2D eigenvalue weighted by Gasteiger charge is -2.36. The number of nitrogens with one attached hydrogen (secondary N) is 1. The summed E-state index contributed by atoms with van der Waals surface area (Å²) in [6.07, 6.45) is 4.11. The van der Waals surface area contributed by atoms with Gasteiger partial charge < -0.3 is 10.2 Å². The molecule has 4 rings (SSSR count). The quantitative estimate of drug-likeness (QED) is 0.538. The molecule has 0 atom stereocenters. The van der Waals surface area contributed by atoms with Crippen molar-refractivity contribution in [3.05, 3.63) is 59.7 Å². The van der Waals surface area contributed by atoms with Crippen LogP contribution in [0.5, 0.6) is 0 Å². The van der Waals surface area contributed by atoms with Gasteiger partial charge in [-0.15, -0.1) is 0 Å². The summed E-state index contributed by atoms with van der Waals surface area (Å²) in [5.41, 5.74) is 3.42. The molecule has 1 amide bonds. The van der Waals surface area contributed by atoms with E-state index in [0.717, 1.165) is 64.0 Å². The van der Waals surface area contributed by atoms with Crippen molar-refractivity contribution in [1.82, 2.24) is 14.5 Å². The fourth-order valence-electron chi connectivity index (χ4n) is 4.87. The molecule has 2 aliphatic rings. The van der Waals surface area contributed by atoms with E-state index in [4.69, 9.17) is 0 Å². The molecular weight excluding hydrogens is 460 g/mol. The van der Waals surface area contributed by atoms with Gasteiger partial charge in [0.25, 0.3) is 0 Å². The first kappa shape index (κ1) is 25.7. The van der Waals surface area contributed by atoms with Crippen LogP contribution in [0, 0.1) is 6.92 Å². The van der Waals surface area contributed by atoms with Crippen molar-refractivity contribution >= 4 is 21.6 Å². The molecular formula is C27H38N4O3S. The van der Waals surface area contributed by atoms with E-state index in [9.17, 15) is 13.2 Å². The molecule has 0 unspecified atom stereocenters. The number of anilines is 1. The van der Waals surface area contributed by atoms with Crippen molar-refractivity contribution in [3.63, 3.8) is 0 Å². The lowest BCUT2D eigenvalue weighted by molar-refractivity contribution is -0.120. The van der Waals surface area contributed by atoms with Gasteiger partial charge in [-0.25, -0.2) is 8.42 Å². The Kier molecular flexibility index (Phi) is 8.81. The number of piperazine rings is 1. The topological polar surface area (TPSA) is 73.0 Å². The third-order valence-corrected chi connectivity index (χ3v) is 8.87. The van der Waals surface area contributed by atoms with Gasteiger partial charge in [0.1, 0.15) is 0 Å². The maximum absolute atomic E-state index is 12.8. The normalized spacial score (nSPS) is 17.9. The predicted molar refractivity (Wildman–Crippen MR) is 140 cm³/mol. The molecule has 2 heterocycles. The maximum atomic E-state index is 12.8. The smallest absolute Gasteiger partial charge is 0.243 e. The zero-order valence-electron chi connectivity index (χ0n) is 20.8. The van der Waals surface area contributed by atoms with Crippen molar-refractivity contribution in [2.24, 2.45) is 0 Å². The van der Waals surface area contributed by atoms with E-state index in [0.29, 0.717) is 24.5 Å². The minimum atomic E-state index is -3.43. The number of rotatable bonds is 9. The van der Waals surface area contributed by atoms with E-state index in [2.05, 4.69) is 46.3 Å². The third kappa shape index (κ3) is 7.06. The molecule has 35 heavy (non-hydrogen) atoms. The lowest BCUT2D eigenvalue weighted by Crippen LogP contribution is -2.47. The van der Waals surface area contributed by atoms with Gasteiger partial charge in [0, 0.05) is 51.5 Å². The molecule has 2 saturated heterocycles. The number of hydrogen-bond acceptors (Lipinski definition) is 5. The molecule has 7 nitrogen and oxygen atoms in total. The minimum Gasteiger partial charge on any atom is -0.369 e. The highest BCUT2D eigenvalue weighted by molar-refractivity contribution is 7.89. The van der Waals surface area contributed by atoms with Crippen LogP contribution in [0.4, 0.5) is 5.69 Å². The second kappa shape index (κ2) is 12.0. The molecule has 8 heteroatoms. The molecule has 2 aliphatic heterocycles. The standard InChI is InChI=1S/C27H38N4O3S/c1-23-7-5-8-25(21-23)30-19-17-29(18-20-30)14-6-13-28-27(32)22-24-9-11-26(12-10-24)35(33,34)31-15-3-2-4-16-31/h5,7-12,21H,2-4,6,13-20,22H2,1H3,(H,28,32). The first-order chi connectivity index (χ1) is 16.9. The average Bonchev–Trinajstić information content (AvgIpc) is 2.88. The summed E-state index contributed by atoms with van der Waals surface area (Å²) < 4.78 is 27.1. The van der Waals surface area contributed by atoms with E-state index in [1.54, 1.807) is 28.6 Å². The molecule has 1 N–H and O–H groups in total. The Labute approximate surface area is 210 Å². The number of sulfonamides is 1. The highest BCUT2D eigenvalue weighted by Crippen LogP contribution is 2.21. The number of carbonyl (C=O) groups is 1. The van der Waals surface area contributed by atoms with Crippen molar-refractivity contribution in [3.8, 4) is 0 Å². The minimum absolute atomic E-state index is 0.0269. The van der Waals surface area contributed by atoms with Gasteiger partial charge in [0.2, 0.25) is 15.9 Å². The van der Waals surface area contributed by atoms with Crippen LogP contribution in [-0.4, -0.2) is 75.9 Å². The van der Waals surface area contributed by atoms with Gasteiger partial charge in [-0.3, -0.25) is 9.69 Å². The van der Waals surface area contributed by atoms with E-state index in [1.807, 2.05) is 0 Å². The summed E-state index contributed by atoms with van der Waals surface area (Å²) in [7, 11) is -3.43. The largest absolute Gasteiger partial charge is 0.369 e. The van der Waals surface area contributed by atoms with Gasteiger partial charge in [0.05, 0.1) is 11.3 Å².